The van der Waals surface area contributed by atoms with Crippen molar-refractivity contribution < 1.29 is 76.3 Å². The van der Waals surface area contributed by atoms with Crippen molar-refractivity contribution in [2.75, 3.05) is 0 Å². The predicted molar refractivity (Wildman–Crippen MR) is 188 cm³/mol. The molecule has 16 nitrogen and oxygen atoms in total. The van der Waals surface area contributed by atoms with Gasteiger partial charge in [0.1, 0.15) is 11.2 Å². The monoisotopic (exact) mass is 754 g/mol. The summed E-state index contributed by atoms with van der Waals surface area (Å²) in [5.41, 5.74) is -1.81. The lowest BCUT2D eigenvalue weighted by molar-refractivity contribution is -0.197. The van der Waals surface area contributed by atoms with E-state index in [-0.39, 0.29) is 34.1 Å². The molecule has 0 N–H and O–H groups in total. The molecular formula is C38H42O16. The summed E-state index contributed by atoms with van der Waals surface area (Å²) >= 11 is 0. The molecular weight excluding hydrogens is 712 g/mol. The first-order valence-electron chi connectivity index (χ1n) is 16.2. The van der Waals surface area contributed by atoms with Gasteiger partial charge < -0.3 is 37.9 Å². The van der Waals surface area contributed by atoms with Crippen molar-refractivity contribution in [3.63, 3.8) is 0 Å². The number of carbonyl (C=O) groups is 8. The third-order valence-corrected chi connectivity index (χ3v) is 5.81. The normalized spacial score (nSPS) is 12.6. The van der Waals surface area contributed by atoms with Crippen LogP contribution in [0.3, 0.4) is 0 Å². The zero-order chi connectivity index (χ0) is 41.0. The molecule has 0 aliphatic rings. The standard InChI is InChI=1S/C38H42O16/c1-21(39)47-27-15-11-25(19-29(27)49-23(3)41)13-17-31(43)51-33(35(45)53-37(5,6)7)34(36(46)54-38(8,9)10)52-32(44)18-14-26-12-16-28(48-22(2)40)30(20-26)50-24(4)42/h11-20,33-34H,1-10H3/b17-13+,18-14+/t33-,34-/m1/s1. The van der Waals surface area contributed by atoms with Gasteiger partial charge in [0.15, 0.2) is 23.0 Å². The molecule has 290 valence electrons. The number of ether oxygens (including phenoxy) is 8. The number of hydrogen-bond donors (Lipinski definition) is 0. The fourth-order valence-corrected chi connectivity index (χ4v) is 4.05. The number of benzene rings is 2. The van der Waals surface area contributed by atoms with Gasteiger partial charge in [-0.25, -0.2) is 19.2 Å². The minimum absolute atomic E-state index is 0.0673. The Labute approximate surface area is 311 Å². The summed E-state index contributed by atoms with van der Waals surface area (Å²) < 4.78 is 41.8. The first kappa shape index (κ1) is 43.8. The van der Waals surface area contributed by atoms with E-state index in [0.717, 1.165) is 39.8 Å². The average Bonchev–Trinajstić information content (AvgIpc) is 3.00. The van der Waals surface area contributed by atoms with Crippen molar-refractivity contribution in [3.05, 3.63) is 59.7 Å². The fourth-order valence-electron chi connectivity index (χ4n) is 4.05. The summed E-state index contributed by atoms with van der Waals surface area (Å²) in [5, 5.41) is 0. The molecule has 0 bridgehead atoms. The van der Waals surface area contributed by atoms with Gasteiger partial charge in [0.25, 0.3) is 0 Å². The van der Waals surface area contributed by atoms with Crippen molar-refractivity contribution in [1.29, 1.82) is 0 Å². The molecule has 0 aliphatic carbocycles. The lowest BCUT2D eigenvalue weighted by Crippen LogP contribution is -2.49. The Bertz CT molecular complexity index is 1700. The maximum Gasteiger partial charge on any atom is 0.352 e. The van der Waals surface area contributed by atoms with Crippen molar-refractivity contribution in [3.8, 4) is 23.0 Å². The van der Waals surface area contributed by atoms with E-state index in [1.165, 1.54) is 90.1 Å². The summed E-state index contributed by atoms with van der Waals surface area (Å²) in [6, 6.07) is 8.02. The second kappa shape index (κ2) is 19.0. The molecule has 16 heteroatoms. The molecule has 2 aromatic carbocycles. The summed E-state index contributed by atoms with van der Waals surface area (Å²) in [6.07, 6.45) is -0.237. The molecule has 0 unspecified atom stereocenters. The summed E-state index contributed by atoms with van der Waals surface area (Å²) in [6.45, 7) is 13.6. The molecule has 0 saturated heterocycles. The average molecular weight is 755 g/mol. The first-order chi connectivity index (χ1) is 24.9. The Morgan fingerprint density at radius 3 is 1.06 bits per heavy atom. The van der Waals surface area contributed by atoms with Crippen LogP contribution >= 0.6 is 0 Å². The Hall–Kier alpha value is -6.32. The van der Waals surface area contributed by atoms with E-state index < -0.39 is 71.2 Å². The Morgan fingerprint density at radius 2 is 0.778 bits per heavy atom. The highest BCUT2D eigenvalue weighted by molar-refractivity contribution is 5.95. The molecule has 0 heterocycles. The van der Waals surface area contributed by atoms with Crippen LogP contribution in [0.1, 0.15) is 80.4 Å². The van der Waals surface area contributed by atoms with Crippen molar-refractivity contribution >= 4 is 59.9 Å². The largest absolute Gasteiger partial charge is 0.457 e. The van der Waals surface area contributed by atoms with Crippen LogP contribution in [0.25, 0.3) is 12.2 Å². The molecule has 0 radical (unpaired) electrons. The molecule has 0 spiro atoms. The van der Waals surface area contributed by atoms with Gasteiger partial charge in [-0.15, -0.1) is 0 Å². The van der Waals surface area contributed by atoms with Crippen LogP contribution in [0.15, 0.2) is 48.6 Å². The van der Waals surface area contributed by atoms with Gasteiger partial charge in [0.05, 0.1) is 0 Å². The SMILES string of the molecule is CC(=O)Oc1ccc(/C=C/C(=O)O[C@@H](C(=O)OC(C)(C)C)[C@@H](OC(=O)/C=C/c2ccc(OC(C)=O)c(OC(C)=O)c2)C(=O)OC(C)(C)C)cc1OC(C)=O. The van der Waals surface area contributed by atoms with E-state index >= 15 is 0 Å². The quantitative estimate of drug-likeness (QED) is 0.118. The van der Waals surface area contributed by atoms with Crippen LogP contribution in [-0.4, -0.2) is 71.2 Å². The number of carbonyl (C=O) groups excluding carboxylic acids is 8. The fraction of sp³-hybridized carbons (Fsp3) is 0.368. The highest BCUT2D eigenvalue weighted by Crippen LogP contribution is 2.31. The zero-order valence-electron chi connectivity index (χ0n) is 31.5. The van der Waals surface area contributed by atoms with Gasteiger partial charge >= 0.3 is 47.8 Å². The topological polar surface area (TPSA) is 210 Å². The second-order valence-electron chi connectivity index (χ2n) is 13.2. The zero-order valence-corrected chi connectivity index (χ0v) is 31.5. The van der Waals surface area contributed by atoms with Gasteiger partial charge in [-0.3, -0.25) is 19.2 Å². The van der Waals surface area contributed by atoms with E-state index in [1.54, 1.807) is 0 Å². The highest BCUT2D eigenvalue weighted by atomic mass is 16.6. The second-order valence-corrected chi connectivity index (χ2v) is 13.2. The van der Waals surface area contributed by atoms with Crippen LogP contribution in [0.5, 0.6) is 23.0 Å². The molecule has 0 amide bonds. The van der Waals surface area contributed by atoms with Crippen molar-refractivity contribution in [2.45, 2.75) is 92.6 Å². The van der Waals surface area contributed by atoms with Gasteiger partial charge in [-0.2, -0.15) is 0 Å². The van der Waals surface area contributed by atoms with Crippen LogP contribution in [0.4, 0.5) is 0 Å². The molecule has 2 atom stereocenters. The third-order valence-electron chi connectivity index (χ3n) is 5.81. The maximum atomic E-state index is 13.4. The Kier molecular flexibility index (Phi) is 15.4. The summed E-state index contributed by atoms with van der Waals surface area (Å²) in [5.74, 6) is -8.10. The van der Waals surface area contributed by atoms with E-state index in [0.29, 0.717) is 0 Å². The molecule has 0 aromatic heterocycles. The maximum absolute atomic E-state index is 13.4. The molecule has 0 saturated carbocycles. The van der Waals surface area contributed by atoms with Crippen molar-refractivity contribution in [1.82, 2.24) is 0 Å². The van der Waals surface area contributed by atoms with E-state index in [1.807, 2.05) is 0 Å². The molecule has 0 fully saturated rings. The smallest absolute Gasteiger partial charge is 0.352 e. The van der Waals surface area contributed by atoms with E-state index in [4.69, 9.17) is 37.9 Å². The minimum Gasteiger partial charge on any atom is -0.457 e. The summed E-state index contributed by atoms with van der Waals surface area (Å²) in [7, 11) is 0. The van der Waals surface area contributed by atoms with Gasteiger partial charge in [0.2, 0.25) is 12.2 Å². The lowest BCUT2D eigenvalue weighted by atomic mass is 10.1. The molecule has 0 aliphatic heterocycles. The number of rotatable bonds is 13. The van der Waals surface area contributed by atoms with Crippen molar-refractivity contribution in [2.24, 2.45) is 0 Å². The Morgan fingerprint density at radius 1 is 0.481 bits per heavy atom. The Balaban J connectivity index is 2.50. The van der Waals surface area contributed by atoms with Gasteiger partial charge in [-0.05, 0) is 89.1 Å². The van der Waals surface area contributed by atoms with Crippen LogP contribution in [0.2, 0.25) is 0 Å². The first-order valence-corrected chi connectivity index (χ1v) is 16.2. The van der Waals surface area contributed by atoms with E-state index in [2.05, 4.69) is 0 Å². The minimum atomic E-state index is -2.19. The predicted octanol–water partition coefficient (Wildman–Crippen LogP) is 4.62. The molecule has 2 aromatic rings. The van der Waals surface area contributed by atoms with Crippen LogP contribution in [0, 0.1) is 0 Å². The van der Waals surface area contributed by atoms with Crippen LogP contribution in [-0.2, 0) is 57.3 Å². The third kappa shape index (κ3) is 15.9. The number of esters is 8. The van der Waals surface area contributed by atoms with E-state index in [9.17, 15) is 38.4 Å². The number of hydrogen-bond acceptors (Lipinski definition) is 16. The van der Waals surface area contributed by atoms with Crippen LogP contribution < -0.4 is 18.9 Å². The molecule has 2 rings (SSSR count). The summed E-state index contributed by atoms with van der Waals surface area (Å²) in [4.78, 5) is 99.3. The molecule has 54 heavy (non-hydrogen) atoms. The van der Waals surface area contributed by atoms with Gasteiger partial charge in [-0.1, -0.05) is 12.1 Å². The lowest BCUT2D eigenvalue weighted by Gasteiger charge is -2.29. The van der Waals surface area contributed by atoms with Gasteiger partial charge in [0, 0.05) is 39.8 Å². The highest BCUT2D eigenvalue weighted by Gasteiger charge is 2.44.